The van der Waals surface area contributed by atoms with Crippen molar-refractivity contribution in [3.63, 3.8) is 0 Å². The lowest BCUT2D eigenvalue weighted by molar-refractivity contribution is 0.233. The van der Waals surface area contributed by atoms with Crippen LogP contribution in [-0.2, 0) is 0 Å². The van der Waals surface area contributed by atoms with Crippen LogP contribution in [0.1, 0.15) is 20.3 Å². The molecular weight excluding hydrogens is 235 g/mol. The predicted molar refractivity (Wildman–Crippen MR) is 68.2 cm³/mol. The van der Waals surface area contributed by atoms with Gasteiger partial charge in [-0.1, -0.05) is 13.0 Å². The quantitative estimate of drug-likeness (QED) is 0.765. The third-order valence-corrected chi connectivity index (χ3v) is 2.44. The van der Waals surface area contributed by atoms with Gasteiger partial charge in [0.05, 0.1) is 6.54 Å². The van der Waals surface area contributed by atoms with Gasteiger partial charge in [0.1, 0.15) is 18.2 Å². The second kappa shape index (κ2) is 7.53. The highest BCUT2D eigenvalue weighted by atomic mass is 19.1. The van der Waals surface area contributed by atoms with Gasteiger partial charge in [-0.15, -0.1) is 0 Å². The van der Waals surface area contributed by atoms with E-state index >= 15 is 0 Å². The van der Waals surface area contributed by atoms with Crippen LogP contribution >= 0.6 is 0 Å². The molecule has 0 radical (unpaired) electrons. The highest BCUT2D eigenvalue weighted by molar-refractivity contribution is 5.74. The Labute approximate surface area is 107 Å². The predicted octanol–water partition coefficient (Wildman–Crippen LogP) is 2.30. The van der Waals surface area contributed by atoms with Crippen LogP contribution < -0.4 is 15.4 Å². The Balaban J connectivity index is 2.17. The summed E-state index contributed by atoms with van der Waals surface area (Å²) in [7, 11) is 0. The second-order valence-corrected chi connectivity index (χ2v) is 4.02. The van der Waals surface area contributed by atoms with E-state index in [4.69, 9.17) is 4.74 Å². The van der Waals surface area contributed by atoms with E-state index in [0.717, 1.165) is 6.42 Å². The van der Waals surface area contributed by atoms with E-state index in [1.54, 1.807) is 12.1 Å². The van der Waals surface area contributed by atoms with Crippen molar-refractivity contribution in [2.45, 2.75) is 26.3 Å². The number of carbonyl (C=O) groups excluding carboxylic acids is 1. The molecule has 2 N–H and O–H groups in total. The summed E-state index contributed by atoms with van der Waals surface area (Å²) in [5, 5.41) is 5.44. The zero-order valence-corrected chi connectivity index (χ0v) is 10.7. The minimum Gasteiger partial charge on any atom is -0.492 e. The van der Waals surface area contributed by atoms with Crippen LogP contribution in [0.5, 0.6) is 5.75 Å². The fourth-order valence-electron chi connectivity index (χ4n) is 1.27. The Bertz CT molecular complexity index is 385. The zero-order valence-electron chi connectivity index (χ0n) is 10.7. The maximum absolute atomic E-state index is 12.8. The van der Waals surface area contributed by atoms with Crippen LogP contribution in [0.2, 0.25) is 0 Å². The van der Waals surface area contributed by atoms with E-state index in [1.165, 1.54) is 12.1 Å². The van der Waals surface area contributed by atoms with Gasteiger partial charge in [0.2, 0.25) is 0 Å². The number of carbonyl (C=O) groups is 1. The van der Waals surface area contributed by atoms with E-state index in [2.05, 4.69) is 10.6 Å². The summed E-state index contributed by atoms with van der Waals surface area (Å²) in [6.45, 7) is 4.61. The topological polar surface area (TPSA) is 50.4 Å². The number of nitrogens with one attached hydrogen (secondary N) is 2. The molecule has 100 valence electrons. The average Bonchev–Trinajstić information content (AvgIpc) is 2.34. The molecule has 1 aromatic carbocycles. The third kappa shape index (κ3) is 5.52. The smallest absolute Gasteiger partial charge is 0.315 e. The summed E-state index contributed by atoms with van der Waals surface area (Å²) >= 11 is 0. The minimum atomic E-state index is -0.338. The Morgan fingerprint density at radius 2 is 2.28 bits per heavy atom. The molecule has 0 aliphatic heterocycles. The molecule has 1 unspecified atom stereocenters. The highest BCUT2D eigenvalue weighted by Gasteiger charge is 2.03. The monoisotopic (exact) mass is 254 g/mol. The van der Waals surface area contributed by atoms with Gasteiger partial charge in [0.15, 0.2) is 0 Å². The molecular formula is C13H19FN2O2. The molecule has 1 rings (SSSR count). The summed E-state index contributed by atoms with van der Waals surface area (Å²) in [5.41, 5.74) is 0. The Kier molecular flexibility index (Phi) is 5.97. The lowest BCUT2D eigenvalue weighted by Gasteiger charge is -2.12. The molecule has 4 nitrogen and oxygen atoms in total. The van der Waals surface area contributed by atoms with Crippen molar-refractivity contribution >= 4 is 6.03 Å². The Morgan fingerprint density at radius 3 is 2.94 bits per heavy atom. The Hall–Kier alpha value is -1.78. The number of urea groups is 1. The van der Waals surface area contributed by atoms with E-state index < -0.39 is 0 Å². The van der Waals surface area contributed by atoms with E-state index in [9.17, 15) is 9.18 Å². The molecule has 0 spiro atoms. The van der Waals surface area contributed by atoms with E-state index in [1.807, 2.05) is 13.8 Å². The molecule has 0 saturated heterocycles. The fourth-order valence-corrected chi connectivity index (χ4v) is 1.27. The first-order chi connectivity index (χ1) is 8.61. The van der Waals surface area contributed by atoms with Gasteiger partial charge in [-0.2, -0.15) is 0 Å². The third-order valence-electron chi connectivity index (χ3n) is 2.44. The van der Waals surface area contributed by atoms with E-state index in [0.29, 0.717) is 18.9 Å². The number of amides is 2. The van der Waals surface area contributed by atoms with Crippen LogP contribution in [0.15, 0.2) is 24.3 Å². The van der Waals surface area contributed by atoms with Gasteiger partial charge in [-0.05, 0) is 25.5 Å². The summed E-state index contributed by atoms with van der Waals surface area (Å²) in [5.74, 6) is 0.120. The van der Waals surface area contributed by atoms with Crippen molar-refractivity contribution in [3.05, 3.63) is 30.1 Å². The molecule has 0 fully saturated rings. The van der Waals surface area contributed by atoms with Crippen molar-refractivity contribution in [2.75, 3.05) is 13.2 Å². The van der Waals surface area contributed by atoms with Gasteiger partial charge < -0.3 is 15.4 Å². The number of ether oxygens (including phenoxy) is 1. The van der Waals surface area contributed by atoms with Gasteiger partial charge in [-0.3, -0.25) is 0 Å². The number of benzene rings is 1. The normalized spacial score (nSPS) is 11.7. The van der Waals surface area contributed by atoms with Crippen LogP contribution in [-0.4, -0.2) is 25.2 Å². The largest absolute Gasteiger partial charge is 0.492 e. The molecule has 2 amide bonds. The molecule has 18 heavy (non-hydrogen) atoms. The molecule has 0 heterocycles. The standard InChI is InChI=1S/C13H19FN2O2/c1-3-10(2)16-13(17)15-7-8-18-12-6-4-5-11(14)9-12/h4-6,9-10H,3,7-8H2,1-2H3,(H2,15,16,17). The number of hydrogen-bond donors (Lipinski definition) is 2. The lowest BCUT2D eigenvalue weighted by Crippen LogP contribution is -2.41. The van der Waals surface area contributed by atoms with E-state index in [-0.39, 0.29) is 17.9 Å². The summed E-state index contributed by atoms with van der Waals surface area (Å²) in [4.78, 5) is 11.3. The molecule has 1 atom stereocenters. The van der Waals surface area contributed by atoms with Gasteiger partial charge in [0, 0.05) is 12.1 Å². The maximum atomic E-state index is 12.8. The molecule has 0 saturated carbocycles. The zero-order chi connectivity index (χ0) is 13.4. The Morgan fingerprint density at radius 1 is 1.50 bits per heavy atom. The SMILES string of the molecule is CCC(C)NC(=O)NCCOc1cccc(F)c1. The summed E-state index contributed by atoms with van der Waals surface area (Å²) in [6.07, 6.45) is 0.882. The van der Waals surface area contributed by atoms with Crippen molar-refractivity contribution in [1.82, 2.24) is 10.6 Å². The van der Waals surface area contributed by atoms with Crippen LogP contribution in [0.4, 0.5) is 9.18 Å². The molecule has 0 aliphatic carbocycles. The fraction of sp³-hybridized carbons (Fsp3) is 0.462. The van der Waals surface area contributed by atoms with Gasteiger partial charge in [0.25, 0.3) is 0 Å². The van der Waals surface area contributed by atoms with Crippen LogP contribution in [0.3, 0.4) is 0 Å². The van der Waals surface area contributed by atoms with Crippen molar-refractivity contribution in [1.29, 1.82) is 0 Å². The number of halogens is 1. The maximum Gasteiger partial charge on any atom is 0.315 e. The van der Waals surface area contributed by atoms with Crippen molar-refractivity contribution in [3.8, 4) is 5.75 Å². The average molecular weight is 254 g/mol. The minimum absolute atomic E-state index is 0.147. The molecule has 1 aromatic rings. The highest BCUT2D eigenvalue weighted by Crippen LogP contribution is 2.11. The van der Waals surface area contributed by atoms with Gasteiger partial charge in [-0.25, -0.2) is 9.18 Å². The first kappa shape index (κ1) is 14.3. The first-order valence-electron chi connectivity index (χ1n) is 6.04. The van der Waals surface area contributed by atoms with Crippen LogP contribution in [0, 0.1) is 5.82 Å². The van der Waals surface area contributed by atoms with Crippen molar-refractivity contribution in [2.24, 2.45) is 0 Å². The molecule has 5 heteroatoms. The first-order valence-corrected chi connectivity index (χ1v) is 6.04. The molecule has 0 bridgehead atoms. The second-order valence-electron chi connectivity index (χ2n) is 4.02. The van der Waals surface area contributed by atoms with Gasteiger partial charge >= 0.3 is 6.03 Å². The van der Waals surface area contributed by atoms with Crippen molar-refractivity contribution < 1.29 is 13.9 Å². The summed E-state index contributed by atoms with van der Waals surface area (Å²) in [6, 6.07) is 5.83. The van der Waals surface area contributed by atoms with Crippen LogP contribution in [0.25, 0.3) is 0 Å². The summed E-state index contributed by atoms with van der Waals surface area (Å²) < 4.78 is 18.1. The lowest BCUT2D eigenvalue weighted by atomic mass is 10.3. The number of hydrogen-bond acceptors (Lipinski definition) is 2. The molecule has 0 aliphatic rings. The molecule has 0 aromatic heterocycles. The number of rotatable bonds is 6.